The molecule has 6 radical (unpaired) electrons. The molecular weight excluding hydrogens is 165 g/mol. The van der Waals surface area contributed by atoms with Gasteiger partial charge in [-0.1, -0.05) is 48.9 Å². The maximum absolute atomic E-state index is 5.96. The molecule has 0 aromatic heterocycles. The highest BCUT2D eigenvalue weighted by molar-refractivity contribution is 6.51. The number of benzene rings is 1. The summed E-state index contributed by atoms with van der Waals surface area (Å²) in [5.74, 6) is 0. The van der Waals surface area contributed by atoms with Gasteiger partial charge in [0.05, 0.1) is 0 Å². The Bertz CT molecular complexity index is 362. The zero-order valence-corrected chi connectivity index (χ0v) is 9.31. The fourth-order valence-electron chi connectivity index (χ4n) is 1.46. The van der Waals surface area contributed by atoms with Crippen molar-refractivity contribution in [3.63, 3.8) is 0 Å². The first-order chi connectivity index (χ1) is 6.25. The monoisotopic (exact) mass is 178 g/mol. The van der Waals surface area contributed by atoms with Crippen molar-refractivity contribution < 1.29 is 0 Å². The first-order valence-electron chi connectivity index (χ1n) is 4.69. The average Bonchev–Trinajstić information content (AvgIpc) is 2.06. The molecule has 14 heavy (non-hydrogen) atoms. The van der Waals surface area contributed by atoms with Gasteiger partial charge in [-0.2, -0.15) is 0 Å². The standard InChI is InChI=1S/C11H13B3/c1-6-8(12)5-7(11(2,3)4)10(14)9(6)13/h5H,1-4H3. The summed E-state index contributed by atoms with van der Waals surface area (Å²) in [6.45, 7) is 8.15. The highest BCUT2D eigenvalue weighted by Gasteiger charge is 2.17. The maximum Gasteiger partial charge on any atom is 0.114 e. The second kappa shape index (κ2) is 3.53. The first kappa shape index (κ1) is 11.5. The predicted octanol–water partition coefficient (Wildman–Crippen LogP) is -0.326. The molecule has 1 aromatic rings. The molecule has 0 atom stereocenters. The molecule has 66 valence electrons. The average molecular weight is 178 g/mol. The molecule has 1 aromatic carbocycles. The third kappa shape index (κ3) is 1.92. The Balaban J connectivity index is 3.49. The van der Waals surface area contributed by atoms with Gasteiger partial charge in [-0.15, -0.1) is 5.46 Å². The van der Waals surface area contributed by atoms with Crippen LogP contribution >= 0.6 is 0 Å². The topological polar surface area (TPSA) is 0 Å². The molecule has 0 saturated carbocycles. The van der Waals surface area contributed by atoms with Crippen molar-refractivity contribution in [3.8, 4) is 0 Å². The molecule has 0 nitrogen and oxygen atoms in total. The lowest BCUT2D eigenvalue weighted by Crippen LogP contribution is -2.40. The van der Waals surface area contributed by atoms with Crippen molar-refractivity contribution in [1.82, 2.24) is 0 Å². The Hall–Kier alpha value is -0.585. The van der Waals surface area contributed by atoms with E-state index in [0.717, 1.165) is 11.1 Å². The van der Waals surface area contributed by atoms with Gasteiger partial charge in [0.2, 0.25) is 0 Å². The van der Waals surface area contributed by atoms with Crippen molar-refractivity contribution >= 4 is 39.9 Å². The van der Waals surface area contributed by atoms with Crippen LogP contribution in [-0.4, -0.2) is 23.5 Å². The van der Waals surface area contributed by atoms with Gasteiger partial charge in [0.1, 0.15) is 23.5 Å². The van der Waals surface area contributed by atoms with Gasteiger partial charge in [-0.3, -0.25) is 0 Å². The van der Waals surface area contributed by atoms with Crippen LogP contribution in [0.2, 0.25) is 0 Å². The molecule has 0 bridgehead atoms. The fourth-order valence-corrected chi connectivity index (χ4v) is 1.46. The van der Waals surface area contributed by atoms with Crippen LogP contribution in [0.4, 0.5) is 0 Å². The van der Waals surface area contributed by atoms with E-state index in [9.17, 15) is 0 Å². The molecule has 0 aliphatic heterocycles. The Labute approximate surface area is 90.7 Å². The summed E-state index contributed by atoms with van der Waals surface area (Å²) in [5.41, 5.74) is 3.83. The van der Waals surface area contributed by atoms with Crippen molar-refractivity contribution in [2.24, 2.45) is 0 Å². The zero-order valence-electron chi connectivity index (χ0n) is 9.31. The van der Waals surface area contributed by atoms with E-state index in [1.54, 1.807) is 0 Å². The molecule has 0 aliphatic rings. The quantitative estimate of drug-likeness (QED) is 0.477. The highest BCUT2D eigenvalue weighted by atomic mass is 14.2. The van der Waals surface area contributed by atoms with Gasteiger partial charge in [0, 0.05) is 0 Å². The predicted molar refractivity (Wildman–Crippen MR) is 66.0 cm³/mol. The minimum Gasteiger partial charge on any atom is -0.101 e. The van der Waals surface area contributed by atoms with Crippen LogP contribution in [0.5, 0.6) is 0 Å². The molecule has 0 amide bonds. The summed E-state index contributed by atoms with van der Waals surface area (Å²) < 4.78 is 0. The van der Waals surface area contributed by atoms with Gasteiger partial charge in [0.15, 0.2) is 0 Å². The van der Waals surface area contributed by atoms with Crippen molar-refractivity contribution in [1.29, 1.82) is 0 Å². The van der Waals surface area contributed by atoms with Crippen molar-refractivity contribution in [2.45, 2.75) is 33.1 Å². The second-order valence-corrected chi connectivity index (χ2v) is 4.72. The Kier molecular flexibility index (Phi) is 2.89. The van der Waals surface area contributed by atoms with E-state index in [2.05, 4.69) is 20.8 Å². The molecule has 0 fully saturated rings. The van der Waals surface area contributed by atoms with Gasteiger partial charge in [-0.05, 0) is 12.3 Å². The largest absolute Gasteiger partial charge is 0.114 e. The molecule has 0 saturated heterocycles. The minimum atomic E-state index is -0.0278. The van der Waals surface area contributed by atoms with Crippen LogP contribution in [0, 0.1) is 6.92 Å². The highest BCUT2D eigenvalue weighted by Crippen LogP contribution is 2.18. The smallest absolute Gasteiger partial charge is 0.101 e. The molecule has 0 unspecified atom stereocenters. The summed E-state index contributed by atoms with van der Waals surface area (Å²) in [7, 11) is 17.7. The van der Waals surface area contributed by atoms with E-state index in [0.29, 0.717) is 16.4 Å². The maximum atomic E-state index is 5.96. The third-order valence-corrected chi connectivity index (χ3v) is 2.53. The lowest BCUT2D eigenvalue weighted by atomic mass is 9.66. The SMILES string of the molecule is [B]c1cc(C(C)(C)C)c([B])c([B])c1C. The van der Waals surface area contributed by atoms with Gasteiger partial charge in [0.25, 0.3) is 0 Å². The Morgan fingerprint density at radius 2 is 1.50 bits per heavy atom. The lowest BCUT2D eigenvalue weighted by molar-refractivity contribution is 0.595. The molecule has 0 N–H and O–H groups in total. The summed E-state index contributed by atoms with van der Waals surface area (Å²) in [5, 5.41) is 0. The molecule has 1 rings (SSSR count). The van der Waals surface area contributed by atoms with Gasteiger partial charge < -0.3 is 0 Å². The summed E-state index contributed by atoms with van der Waals surface area (Å²) in [6, 6.07) is 1.92. The molecular formula is C11H13B3. The third-order valence-electron chi connectivity index (χ3n) is 2.53. The lowest BCUT2D eigenvalue weighted by Gasteiger charge is -2.26. The van der Waals surface area contributed by atoms with E-state index >= 15 is 0 Å². The minimum absolute atomic E-state index is 0.0278. The molecule has 3 heteroatoms. The van der Waals surface area contributed by atoms with Crippen LogP contribution in [0.1, 0.15) is 31.9 Å². The molecule has 0 aliphatic carbocycles. The van der Waals surface area contributed by atoms with E-state index in [-0.39, 0.29) is 5.41 Å². The van der Waals surface area contributed by atoms with E-state index < -0.39 is 0 Å². The van der Waals surface area contributed by atoms with Gasteiger partial charge in [-0.25, -0.2) is 0 Å². The van der Waals surface area contributed by atoms with Crippen LogP contribution < -0.4 is 16.4 Å². The first-order valence-corrected chi connectivity index (χ1v) is 4.69. The summed E-state index contributed by atoms with van der Waals surface area (Å²) in [6.07, 6.45) is 0. The van der Waals surface area contributed by atoms with Crippen LogP contribution in [0.25, 0.3) is 0 Å². The fraction of sp³-hybridized carbons (Fsp3) is 0.455. The van der Waals surface area contributed by atoms with Crippen molar-refractivity contribution in [3.05, 3.63) is 17.2 Å². The van der Waals surface area contributed by atoms with E-state index in [1.807, 2.05) is 13.0 Å². The second-order valence-electron chi connectivity index (χ2n) is 4.72. The van der Waals surface area contributed by atoms with Crippen LogP contribution in [0.15, 0.2) is 6.07 Å². The van der Waals surface area contributed by atoms with E-state index in [1.165, 1.54) is 0 Å². The Morgan fingerprint density at radius 3 is 1.93 bits per heavy atom. The van der Waals surface area contributed by atoms with Crippen LogP contribution in [-0.2, 0) is 5.41 Å². The van der Waals surface area contributed by atoms with Gasteiger partial charge >= 0.3 is 0 Å². The zero-order chi connectivity index (χ0) is 11.1. The molecule has 0 spiro atoms. The van der Waals surface area contributed by atoms with Crippen molar-refractivity contribution in [2.75, 3.05) is 0 Å². The molecule has 0 heterocycles. The summed E-state index contributed by atoms with van der Waals surface area (Å²) in [4.78, 5) is 0. The normalized spacial score (nSPS) is 11.7. The van der Waals surface area contributed by atoms with Crippen LogP contribution in [0.3, 0.4) is 0 Å². The Morgan fingerprint density at radius 1 is 1.00 bits per heavy atom. The number of hydrogen-bond donors (Lipinski definition) is 0. The number of rotatable bonds is 0. The number of hydrogen-bond acceptors (Lipinski definition) is 0. The van der Waals surface area contributed by atoms with E-state index in [4.69, 9.17) is 23.5 Å². The summed E-state index contributed by atoms with van der Waals surface area (Å²) >= 11 is 0.